The first-order valence-corrected chi connectivity index (χ1v) is 8.66. The van der Waals surface area contributed by atoms with Crippen LogP contribution in [0.25, 0.3) is 0 Å². The van der Waals surface area contributed by atoms with Crippen molar-refractivity contribution < 1.29 is 38.2 Å². The molecule has 4 aliphatic rings. The molecule has 4 heterocycles. The number of methoxy groups -OCH3 is 1. The Morgan fingerprint density at radius 2 is 2.00 bits per heavy atom. The summed E-state index contributed by atoms with van der Waals surface area (Å²) in [6.07, 6.45) is -1.76. The summed E-state index contributed by atoms with van der Waals surface area (Å²) in [6, 6.07) is -0.674. The van der Waals surface area contributed by atoms with Crippen LogP contribution in [0.1, 0.15) is 26.7 Å². The van der Waals surface area contributed by atoms with Crippen molar-refractivity contribution in [1.82, 2.24) is 9.96 Å². The van der Waals surface area contributed by atoms with E-state index in [9.17, 15) is 14.4 Å². The molecule has 4 rings (SSSR count). The van der Waals surface area contributed by atoms with Gasteiger partial charge in [0.05, 0.1) is 32.2 Å². The van der Waals surface area contributed by atoms with Crippen LogP contribution in [0.2, 0.25) is 0 Å². The maximum Gasteiger partial charge on any atom is 0.416 e. The molecule has 0 aromatic carbocycles. The predicted octanol–water partition coefficient (Wildman–Crippen LogP) is -0.195. The van der Waals surface area contributed by atoms with E-state index in [0.717, 1.165) is 4.90 Å². The number of hydrogen-bond donors (Lipinski definition) is 0. The monoisotopic (exact) mass is 370 g/mol. The summed E-state index contributed by atoms with van der Waals surface area (Å²) in [7, 11) is 1.32. The molecular formula is C16H22N2O8. The second-order valence-corrected chi connectivity index (χ2v) is 7.27. The Kier molecular flexibility index (Phi) is 4.18. The molecule has 0 unspecified atom stereocenters. The van der Waals surface area contributed by atoms with Crippen LogP contribution in [0, 0.1) is 0 Å². The molecule has 2 amide bonds. The van der Waals surface area contributed by atoms with Gasteiger partial charge in [0.25, 0.3) is 5.91 Å². The van der Waals surface area contributed by atoms with Crippen molar-refractivity contribution in [2.45, 2.75) is 62.9 Å². The van der Waals surface area contributed by atoms with E-state index in [0.29, 0.717) is 6.42 Å². The molecule has 0 bridgehead atoms. The van der Waals surface area contributed by atoms with Crippen LogP contribution < -0.4 is 0 Å². The maximum atomic E-state index is 12.6. The van der Waals surface area contributed by atoms with Crippen LogP contribution in [0.4, 0.5) is 4.79 Å². The molecule has 0 saturated carbocycles. The second-order valence-electron chi connectivity index (χ2n) is 7.27. The summed E-state index contributed by atoms with van der Waals surface area (Å²) in [5.74, 6) is -1.62. The minimum atomic E-state index is -0.820. The summed E-state index contributed by atoms with van der Waals surface area (Å²) in [5, 5.41) is 1.62. The highest BCUT2D eigenvalue weighted by Crippen LogP contribution is 2.46. The highest BCUT2D eigenvalue weighted by Gasteiger charge is 2.63. The van der Waals surface area contributed by atoms with E-state index < -0.39 is 35.9 Å². The smallest absolute Gasteiger partial charge is 0.416 e. The summed E-state index contributed by atoms with van der Waals surface area (Å²) >= 11 is 0. The number of cyclic esters (lactones) is 1. The van der Waals surface area contributed by atoms with Gasteiger partial charge in [0.2, 0.25) is 0 Å². The van der Waals surface area contributed by atoms with Crippen LogP contribution >= 0.6 is 0 Å². The fraction of sp³-hybridized carbons (Fsp3) is 0.812. The first-order valence-electron chi connectivity index (χ1n) is 8.66. The Balaban J connectivity index is 1.53. The maximum absolute atomic E-state index is 12.6. The van der Waals surface area contributed by atoms with Crippen molar-refractivity contribution in [2.75, 3.05) is 20.3 Å². The van der Waals surface area contributed by atoms with Crippen LogP contribution in [-0.2, 0) is 33.4 Å². The summed E-state index contributed by atoms with van der Waals surface area (Å²) in [5.41, 5.74) is 0. The zero-order valence-electron chi connectivity index (χ0n) is 14.9. The number of fused-ring (bicyclic) bond motifs is 3. The lowest BCUT2D eigenvalue weighted by Gasteiger charge is -2.28. The number of ether oxygens (including phenoxy) is 4. The topological polar surface area (TPSA) is 104 Å². The molecule has 0 aliphatic carbocycles. The summed E-state index contributed by atoms with van der Waals surface area (Å²) in [4.78, 5) is 43.0. The Labute approximate surface area is 150 Å². The largest absolute Gasteiger partial charge is 0.469 e. The number of carbonyl (C=O) groups is 3. The lowest BCUT2D eigenvalue weighted by molar-refractivity contribution is -0.226. The van der Waals surface area contributed by atoms with E-state index in [4.69, 9.17) is 23.8 Å². The lowest BCUT2D eigenvalue weighted by atomic mass is 10.0. The van der Waals surface area contributed by atoms with E-state index in [-0.39, 0.29) is 37.8 Å². The molecule has 0 aromatic rings. The lowest BCUT2D eigenvalue weighted by Crippen LogP contribution is -2.43. The highest BCUT2D eigenvalue weighted by molar-refractivity contribution is 5.95. The molecule has 0 N–H and O–H groups in total. The fourth-order valence-corrected chi connectivity index (χ4v) is 4.13. The van der Waals surface area contributed by atoms with Crippen LogP contribution in [0.3, 0.4) is 0 Å². The Hall–Kier alpha value is -1.75. The molecule has 26 heavy (non-hydrogen) atoms. The van der Waals surface area contributed by atoms with E-state index >= 15 is 0 Å². The number of hydrogen-bond acceptors (Lipinski definition) is 9. The van der Waals surface area contributed by atoms with Gasteiger partial charge in [-0.25, -0.2) is 9.69 Å². The van der Waals surface area contributed by atoms with Gasteiger partial charge >= 0.3 is 12.1 Å². The Morgan fingerprint density at radius 3 is 2.65 bits per heavy atom. The number of esters is 1. The molecule has 0 aromatic heterocycles. The van der Waals surface area contributed by atoms with Gasteiger partial charge in [-0.15, -0.1) is 0 Å². The van der Waals surface area contributed by atoms with E-state index in [1.54, 1.807) is 5.06 Å². The summed E-state index contributed by atoms with van der Waals surface area (Å²) < 4.78 is 21.5. The summed E-state index contributed by atoms with van der Waals surface area (Å²) in [6.45, 7) is 4.02. The van der Waals surface area contributed by atoms with Crippen molar-refractivity contribution in [3.63, 3.8) is 0 Å². The van der Waals surface area contributed by atoms with Crippen molar-refractivity contribution >= 4 is 18.0 Å². The third-order valence-electron chi connectivity index (χ3n) is 5.19. The van der Waals surface area contributed by atoms with Gasteiger partial charge < -0.3 is 18.9 Å². The van der Waals surface area contributed by atoms with Crippen LogP contribution in [0.15, 0.2) is 0 Å². The minimum absolute atomic E-state index is 0.0558. The molecule has 10 heteroatoms. The Bertz CT molecular complexity index is 638. The second kappa shape index (κ2) is 6.15. The van der Waals surface area contributed by atoms with Gasteiger partial charge in [-0.2, -0.15) is 5.06 Å². The molecule has 4 fully saturated rings. The van der Waals surface area contributed by atoms with Crippen molar-refractivity contribution in [3.8, 4) is 0 Å². The first-order chi connectivity index (χ1) is 12.3. The Morgan fingerprint density at radius 1 is 1.27 bits per heavy atom. The van der Waals surface area contributed by atoms with E-state index in [1.807, 2.05) is 13.8 Å². The van der Waals surface area contributed by atoms with Gasteiger partial charge in [-0.3, -0.25) is 14.4 Å². The van der Waals surface area contributed by atoms with Gasteiger partial charge in [0.1, 0.15) is 18.8 Å². The minimum Gasteiger partial charge on any atom is -0.469 e. The van der Waals surface area contributed by atoms with Crippen molar-refractivity contribution in [3.05, 3.63) is 0 Å². The predicted molar refractivity (Wildman–Crippen MR) is 82.4 cm³/mol. The number of imide groups is 1. The van der Waals surface area contributed by atoms with Gasteiger partial charge in [-0.05, 0) is 13.8 Å². The number of rotatable bonds is 3. The van der Waals surface area contributed by atoms with Crippen molar-refractivity contribution in [2.24, 2.45) is 0 Å². The molecule has 10 nitrogen and oxygen atoms in total. The number of nitrogens with zero attached hydrogens (tertiary/aromatic N) is 2. The molecule has 0 radical (unpaired) electrons. The highest BCUT2D eigenvalue weighted by atomic mass is 16.8. The van der Waals surface area contributed by atoms with E-state index in [1.165, 1.54) is 7.11 Å². The zero-order valence-corrected chi connectivity index (χ0v) is 14.9. The van der Waals surface area contributed by atoms with Gasteiger partial charge in [-0.1, -0.05) is 0 Å². The van der Waals surface area contributed by atoms with E-state index in [2.05, 4.69) is 0 Å². The first kappa shape index (κ1) is 17.7. The number of carbonyl (C=O) groups excluding carboxylic acids is 3. The fourth-order valence-electron chi connectivity index (χ4n) is 4.13. The van der Waals surface area contributed by atoms with Crippen LogP contribution in [-0.4, -0.2) is 84.4 Å². The molecule has 5 atom stereocenters. The van der Waals surface area contributed by atoms with Crippen molar-refractivity contribution in [1.29, 1.82) is 0 Å². The number of hydroxylamine groups is 2. The quantitative estimate of drug-likeness (QED) is 0.625. The average Bonchev–Trinajstić information content (AvgIpc) is 3.31. The number of amides is 2. The normalized spacial score (nSPS) is 38.2. The molecule has 0 spiro atoms. The standard InChI is InChI=1S/C16H22N2O8/c1-16(2)24-12-8-6-10(14(20)17-4-5-23-15(17)21)26-18(8)9(13(12)25-16)7-11(19)22-3/h8-10,12-13H,4-7H2,1-3H3/t8-,9+,10-,12-,13+/m1/s1. The molecule has 4 aliphatic heterocycles. The average molecular weight is 370 g/mol. The molecule has 144 valence electrons. The SMILES string of the molecule is COC(=O)C[C@H]1[C@@H]2OC(C)(C)O[C@@H]2[C@H]2C[C@H](C(=O)N3CCOC3=O)ON21. The van der Waals surface area contributed by atoms with Gasteiger partial charge in [0.15, 0.2) is 11.9 Å². The third kappa shape index (κ3) is 2.77. The molecule has 4 saturated heterocycles. The molecular weight excluding hydrogens is 348 g/mol. The van der Waals surface area contributed by atoms with Gasteiger partial charge in [0, 0.05) is 6.42 Å². The van der Waals surface area contributed by atoms with Crippen LogP contribution in [0.5, 0.6) is 0 Å². The zero-order chi connectivity index (χ0) is 18.6. The third-order valence-corrected chi connectivity index (χ3v) is 5.19.